The van der Waals surface area contributed by atoms with Gasteiger partial charge in [-0.05, 0) is 73.3 Å². The lowest BCUT2D eigenvalue weighted by Gasteiger charge is -2.40. The van der Waals surface area contributed by atoms with Gasteiger partial charge in [0.15, 0.2) is 0 Å². The molecule has 0 radical (unpaired) electrons. The minimum atomic E-state index is 0.304. The van der Waals surface area contributed by atoms with Gasteiger partial charge in [0.25, 0.3) is 0 Å². The Hall–Kier alpha value is -2.71. The summed E-state index contributed by atoms with van der Waals surface area (Å²) in [5.41, 5.74) is 8.33. The molecule has 3 heterocycles. The Morgan fingerprint density at radius 2 is 1.85 bits per heavy atom. The van der Waals surface area contributed by atoms with Gasteiger partial charge in [0.05, 0.1) is 5.69 Å². The van der Waals surface area contributed by atoms with Gasteiger partial charge >= 0.3 is 0 Å². The van der Waals surface area contributed by atoms with Crippen LogP contribution < -0.4 is 11.3 Å². The molecule has 1 fully saturated rings. The first kappa shape index (κ1) is 22.1. The number of fused-ring (bicyclic) bond motifs is 1. The van der Waals surface area contributed by atoms with Gasteiger partial charge in [-0.2, -0.15) is 0 Å². The summed E-state index contributed by atoms with van der Waals surface area (Å²) in [6.45, 7) is 4.74. The predicted molar refractivity (Wildman–Crippen MR) is 131 cm³/mol. The van der Waals surface area contributed by atoms with E-state index in [1.54, 1.807) is 12.4 Å². The number of nitrogen functional groups attached to an aromatic ring is 1. The third-order valence-corrected chi connectivity index (χ3v) is 7.14. The van der Waals surface area contributed by atoms with E-state index in [4.69, 9.17) is 17.4 Å². The van der Waals surface area contributed by atoms with E-state index in [0.717, 1.165) is 90.8 Å². The molecule has 2 aliphatic rings. The maximum atomic E-state index is 10.1. The summed E-state index contributed by atoms with van der Waals surface area (Å²) < 4.78 is 0. The van der Waals surface area contributed by atoms with Crippen molar-refractivity contribution in [3.63, 3.8) is 0 Å². The highest BCUT2D eigenvalue weighted by atomic mass is 35.5. The van der Waals surface area contributed by atoms with Crippen LogP contribution in [0.2, 0.25) is 5.02 Å². The van der Waals surface area contributed by atoms with Crippen molar-refractivity contribution in [3.8, 4) is 16.9 Å². The van der Waals surface area contributed by atoms with Crippen molar-refractivity contribution < 1.29 is 5.11 Å². The molecule has 4 N–H and O–H groups in total. The molecule has 2 aliphatic heterocycles. The van der Waals surface area contributed by atoms with E-state index in [9.17, 15) is 5.11 Å². The molecule has 0 saturated carbocycles. The molecule has 0 spiro atoms. The van der Waals surface area contributed by atoms with Gasteiger partial charge < -0.3 is 10.5 Å². The third-order valence-electron chi connectivity index (χ3n) is 6.88. The van der Waals surface area contributed by atoms with Crippen LogP contribution in [0.15, 0.2) is 48.8 Å². The van der Waals surface area contributed by atoms with Gasteiger partial charge in [-0.1, -0.05) is 29.8 Å². The molecule has 0 amide bonds. The van der Waals surface area contributed by atoms with Crippen LogP contribution in [0.3, 0.4) is 0 Å². The first-order chi connectivity index (χ1) is 16.1. The number of rotatable bonds is 5. The Labute approximate surface area is 199 Å². The van der Waals surface area contributed by atoms with Crippen LogP contribution in [-0.2, 0) is 19.5 Å². The van der Waals surface area contributed by atoms with Crippen LogP contribution in [0.25, 0.3) is 11.1 Å². The topological polar surface area (TPSA) is 90.5 Å². The number of nitrogens with two attached hydrogens (primary N) is 1. The van der Waals surface area contributed by atoms with Gasteiger partial charge in [0.2, 0.25) is 0 Å². The highest BCUT2D eigenvalue weighted by Gasteiger charge is 2.29. The van der Waals surface area contributed by atoms with Crippen molar-refractivity contribution in [2.24, 2.45) is 5.84 Å². The molecule has 172 valence electrons. The number of nitrogens with one attached hydrogen (secondary N) is 1. The minimum Gasteiger partial charge on any atom is -0.508 e. The second-order valence-electron chi connectivity index (χ2n) is 8.87. The summed E-state index contributed by atoms with van der Waals surface area (Å²) >= 11 is 6.07. The zero-order valence-corrected chi connectivity index (χ0v) is 19.3. The molecule has 7 nitrogen and oxygen atoms in total. The zero-order chi connectivity index (χ0) is 22.8. The molecule has 0 bridgehead atoms. The number of hydrogen-bond donors (Lipinski definition) is 3. The van der Waals surface area contributed by atoms with Gasteiger partial charge in [0.1, 0.15) is 17.9 Å². The molecule has 0 atom stereocenters. The zero-order valence-electron chi connectivity index (χ0n) is 18.5. The van der Waals surface area contributed by atoms with E-state index in [1.165, 1.54) is 0 Å². The van der Waals surface area contributed by atoms with Crippen molar-refractivity contribution >= 4 is 17.4 Å². The smallest absolute Gasteiger partial charge is 0.146 e. The number of phenolic OH excluding ortho intramolecular Hbond substituents is 1. The standard InChI is InChI=1S/C25H29ClN6O/c26-19-3-1-17(2-4-19)22-6-5-21(33)13-18(22)14-31-10-7-20(8-11-31)32-12-9-23-24(15-32)28-16-29-25(23)30-27/h1-6,13,16,20,33H,7-12,14-15,27H2,(H,28,29,30). The van der Waals surface area contributed by atoms with Crippen molar-refractivity contribution in [3.05, 3.63) is 70.6 Å². The molecule has 33 heavy (non-hydrogen) atoms. The molecular formula is C25H29ClN6O. The molecule has 2 aromatic carbocycles. The summed E-state index contributed by atoms with van der Waals surface area (Å²) in [6.07, 6.45) is 4.76. The molecule has 1 aromatic heterocycles. The number of likely N-dealkylation sites (tertiary alicyclic amines) is 1. The molecule has 0 aliphatic carbocycles. The maximum absolute atomic E-state index is 10.1. The molecule has 0 unspecified atom stereocenters. The predicted octanol–water partition coefficient (Wildman–Crippen LogP) is 3.81. The maximum Gasteiger partial charge on any atom is 0.146 e. The largest absolute Gasteiger partial charge is 0.508 e. The van der Waals surface area contributed by atoms with Crippen LogP contribution >= 0.6 is 11.6 Å². The van der Waals surface area contributed by atoms with E-state index < -0.39 is 0 Å². The van der Waals surface area contributed by atoms with Crippen LogP contribution in [0, 0.1) is 0 Å². The summed E-state index contributed by atoms with van der Waals surface area (Å²) in [7, 11) is 0. The number of piperidine rings is 1. The van der Waals surface area contributed by atoms with Crippen molar-refractivity contribution in [2.45, 2.75) is 38.4 Å². The van der Waals surface area contributed by atoms with E-state index in [0.29, 0.717) is 11.8 Å². The van der Waals surface area contributed by atoms with Gasteiger partial charge in [0, 0.05) is 36.3 Å². The SMILES string of the molecule is NNc1ncnc2c1CCN(C1CCN(Cc3cc(O)ccc3-c3ccc(Cl)cc3)CC1)C2. The average Bonchev–Trinajstić information content (AvgIpc) is 2.84. The summed E-state index contributed by atoms with van der Waals surface area (Å²) in [5, 5.41) is 10.8. The third kappa shape index (κ3) is 4.82. The number of hydrazine groups is 1. The quantitative estimate of drug-likeness (QED) is 0.390. The van der Waals surface area contributed by atoms with E-state index in [1.807, 2.05) is 36.4 Å². The lowest BCUT2D eigenvalue weighted by molar-refractivity contribution is 0.0937. The lowest BCUT2D eigenvalue weighted by atomic mass is 9.96. The van der Waals surface area contributed by atoms with Crippen LogP contribution in [0.5, 0.6) is 5.75 Å². The van der Waals surface area contributed by atoms with Gasteiger partial charge in [-0.15, -0.1) is 0 Å². The van der Waals surface area contributed by atoms with Crippen LogP contribution in [0.4, 0.5) is 5.82 Å². The first-order valence-corrected chi connectivity index (χ1v) is 11.8. The number of phenols is 1. The van der Waals surface area contributed by atoms with E-state index in [-0.39, 0.29) is 0 Å². The Morgan fingerprint density at radius 3 is 2.61 bits per heavy atom. The number of hydrogen-bond acceptors (Lipinski definition) is 7. The summed E-state index contributed by atoms with van der Waals surface area (Å²) in [6, 6.07) is 14.1. The van der Waals surface area contributed by atoms with Crippen LogP contribution in [0.1, 0.15) is 29.7 Å². The highest BCUT2D eigenvalue weighted by Crippen LogP contribution is 2.31. The monoisotopic (exact) mass is 464 g/mol. The molecule has 8 heteroatoms. The van der Waals surface area contributed by atoms with Crippen molar-refractivity contribution in [2.75, 3.05) is 25.1 Å². The Bertz CT molecular complexity index is 1110. The number of anilines is 1. The van der Waals surface area contributed by atoms with E-state index >= 15 is 0 Å². The van der Waals surface area contributed by atoms with Crippen molar-refractivity contribution in [1.29, 1.82) is 0 Å². The normalized spacial score (nSPS) is 17.6. The van der Waals surface area contributed by atoms with Crippen molar-refractivity contribution in [1.82, 2.24) is 19.8 Å². The number of aromatic nitrogens is 2. The molecule has 5 rings (SSSR count). The summed E-state index contributed by atoms with van der Waals surface area (Å²) in [5.74, 6) is 6.66. The van der Waals surface area contributed by atoms with Gasteiger partial charge in [-0.25, -0.2) is 15.8 Å². The van der Waals surface area contributed by atoms with E-state index in [2.05, 4.69) is 25.2 Å². The fraction of sp³-hybridized carbons (Fsp3) is 0.360. The number of benzene rings is 2. The fourth-order valence-corrected chi connectivity index (χ4v) is 5.24. The Morgan fingerprint density at radius 1 is 1.06 bits per heavy atom. The lowest BCUT2D eigenvalue weighted by Crippen LogP contribution is -2.46. The average molecular weight is 465 g/mol. The highest BCUT2D eigenvalue weighted by molar-refractivity contribution is 6.30. The minimum absolute atomic E-state index is 0.304. The first-order valence-electron chi connectivity index (χ1n) is 11.4. The molecule has 3 aromatic rings. The Kier molecular flexibility index (Phi) is 6.46. The molecular weight excluding hydrogens is 436 g/mol. The second kappa shape index (κ2) is 9.65. The Balaban J connectivity index is 1.24. The summed E-state index contributed by atoms with van der Waals surface area (Å²) in [4.78, 5) is 13.8. The van der Waals surface area contributed by atoms with Gasteiger partial charge in [-0.3, -0.25) is 9.80 Å². The number of nitrogens with zero attached hydrogens (tertiary/aromatic N) is 4. The number of aromatic hydroxyl groups is 1. The van der Waals surface area contributed by atoms with Crippen LogP contribution in [-0.4, -0.2) is 50.6 Å². The fourth-order valence-electron chi connectivity index (χ4n) is 5.12. The second-order valence-corrected chi connectivity index (χ2v) is 9.30. The number of halogens is 1. The molecule has 1 saturated heterocycles.